The average Bonchev–Trinajstić information content (AvgIpc) is 2.22. The molecule has 0 aliphatic carbocycles. The zero-order valence-electron chi connectivity index (χ0n) is 12.1. The normalized spacial score (nSPS) is 14.4. The summed E-state index contributed by atoms with van der Waals surface area (Å²) in [6.45, 7) is 6.72. The van der Waals surface area contributed by atoms with Crippen molar-refractivity contribution < 1.29 is 0 Å². The van der Waals surface area contributed by atoms with Gasteiger partial charge in [-0.3, -0.25) is 0 Å². The number of nitrogens with zero attached hydrogens (tertiary/aromatic N) is 1. The molecule has 0 heterocycles. The van der Waals surface area contributed by atoms with Crippen LogP contribution in [0.4, 0.5) is 0 Å². The Hall–Kier alpha value is -0.0800. The summed E-state index contributed by atoms with van der Waals surface area (Å²) in [6.07, 6.45) is 9.25. The minimum Gasteiger partial charge on any atom is -0.326 e. The third kappa shape index (κ3) is 5.86. The molecule has 0 radical (unpaired) electrons. The first-order valence-electron chi connectivity index (χ1n) is 6.86. The Kier molecular flexibility index (Phi) is 8.04. The highest BCUT2D eigenvalue weighted by molar-refractivity contribution is 4.88. The maximum absolute atomic E-state index is 6.25. The Morgan fingerprint density at radius 1 is 1.00 bits per heavy atom. The largest absolute Gasteiger partial charge is 0.326 e. The van der Waals surface area contributed by atoms with Crippen molar-refractivity contribution in [2.75, 3.05) is 14.1 Å². The van der Waals surface area contributed by atoms with Gasteiger partial charge in [-0.25, -0.2) is 0 Å². The Labute approximate surface area is 103 Å². The molecule has 1 atom stereocenters. The molecule has 2 heteroatoms. The van der Waals surface area contributed by atoms with Crippen LogP contribution in [0.1, 0.15) is 65.7 Å². The lowest BCUT2D eigenvalue weighted by molar-refractivity contribution is 0.151. The van der Waals surface area contributed by atoms with Gasteiger partial charge < -0.3 is 10.6 Å². The van der Waals surface area contributed by atoms with Crippen LogP contribution in [0.15, 0.2) is 0 Å². The van der Waals surface area contributed by atoms with Crippen LogP contribution in [-0.4, -0.2) is 30.6 Å². The molecule has 0 rings (SSSR count). The first-order valence-corrected chi connectivity index (χ1v) is 6.86. The van der Waals surface area contributed by atoms with Crippen molar-refractivity contribution in [3.05, 3.63) is 0 Å². The maximum Gasteiger partial charge on any atom is 0.0298 e. The molecule has 0 spiro atoms. The number of unbranched alkanes of at least 4 members (excludes halogenated alkanes) is 5. The van der Waals surface area contributed by atoms with Crippen LogP contribution in [0, 0.1) is 0 Å². The summed E-state index contributed by atoms with van der Waals surface area (Å²) in [5.74, 6) is 0. The molecule has 0 aromatic rings. The molecule has 0 aromatic carbocycles. The number of rotatable bonds is 9. The van der Waals surface area contributed by atoms with Crippen molar-refractivity contribution in [3.8, 4) is 0 Å². The Morgan fingerprint density at radius 3 is 2.00 bits per heavy atom. The number of hydrogen-bond donors (Lipinski definition) is 1. The minimum atomic E-state index is 0.115. The highest BCUT2D eigenvalue weighted by atomic mass is 15.2. The molecule has 16 heavy (non-hydrogen) atoms. The van der Waals surface area contributed by atoms with E-state index in [9.17, 15) is 0 Å². The maximum atomic E-state index is 6.25. The van der Waals surface area contributed by atoms with Crippen molar-refractivity contribution in [1.29, 1.82) is 0 Å². The fourth-order valence-electron chi connectivity index (χ4n) is 1.83. The van der Waals surface area contributed by atoms with Crippen LogP contribution in [0.5, 0.6) is 0 Å². The first-order chi connectivity index (χ1) is 7.42. The summed E-state index contributed by atoms with van der Waals surface area (Å²) >= 11 is 0. The van der Waals surface area contributed by atoms with Gasteiger partial charge in [0.25, 0.3) is 0 Å². The van der Waals surface area contributed by atoms with Gasteiger partial charge in [0.15, 0.2) is 0 Å². The van der Waals surface area contributed by atoms with Crippen LogP contribution < -0.4 is 5.73 Å². The van der Waals surface area contributed by atoms with Crippen LogP contribution in [0.25, 0.3) is 0 Å². The van der Waals surface area contributed by atoms with Crippen LogP contribution in [0.3, 0.4) is 0 Å². The van der Waals surface area contributed by atoms with E-state index in [0.29, 0.717) is 0 Å². The third-order valence-corrected chi connectivity index (χ3v) is 3.93. The van der Waals surface area contributed by atoms with Gasteiger partial charge in [0.2, 0.25) is 0 Å². The predicted molar refractivity (Wildman–Crippen MR) is 73.7 cm³/mol. The molecule has 2 N–H and O–H groups in total. The fourth-order valence-corrected chi connectivity index (χ4v) is 1.83. The summed E-state index contributed by atoms with van der Waals surface area (Å²) in [5.41, 5.74) is 6.37. The van der Waals surface area contributed by atoms with E-state index in [-0.39, 0.29) is 11.6 Å². The lowest BCUT2D eigenvalue weighted by Gasteiger charge is -2.38. The van der Waals surface area contributed by atoms with E-state index < -0.39 is 0 Å². The molecular formula is C14H32N2. The number of likely N-dealkylation sites (N-methyl/N-ethyl adjacent to an activating group) is 1. The number of hydrogen-bond acceptors (Lipinski definition) is 2. The summed E-state index contributed by atoms with van der Waals surface area (Å²) in [6, 6.07) is 0.286. The fraction of sp³-hybridized carbons (Fsp3) is 1.00. The van der Waals surface area contributed by atoms with Gasteiger partial charge in [-0.2, -0.15) is 0 Å². The molecule has 0 aromatic heterocycles. The van der Waals surface area contributed by atoms with Crippen molar-refractivity contribution in [2.45, 2.75) is 77.3 Å². The van der Waals surface area contributed by atoms with E-state index in [2.05, 4.69) is 39.8 Å². The Bertz CT molecular complexity index is 164. The Balaban J connectivity index is 3.61. The zero-order valence-corrected chi connectivity index (χ0v) is 12.1. The second-order valence-corrected chi connectivity index (χ2v) is 5.71. The topological polar surface area (TPSA) is 29.3 Å². The van der Waals surface area contributed by atoms with Gasteiger partial charge in [0, 0.05) is 11.6 Å². The minimum absolute atomic E-state index is 0.115. The van der Waals surface area contributed by atoms with E-state index >= 15 is 0 Å². The summed E-state index contributed by atoms with van der Waals surface area (Å²) in [4.78, 5) is 2.23. The molecule has 0 amide bonds. The standard InChI is InChI=1S/C14H32N2/c1-6-7-8-9-10-11-12-13(15)14(2,3)16(4)5/h13H,6-12,15H2,1-5H3. The second-order valence-electron chi connectivity index (χ2n) is 5.71. The average molecular weight is 228 g/mol. The van der Waals surface area contributed by atoms with E-state index in [0.717, 1.165) is 6.42 Å². The SMILES string of the molecule is CCCCCCCCC(N)C(C)(C)N(C)C. The van der Waals surface area contributed by atoms with Gasteiger partial charge in [-0.15, -0.1) is 0 Å². The molecule has 0 bridgehead atoms. The lowest BCUT2D eigenvalue weighted by atomic mass is 9.89. The van der Waals surface area contributed by atoms with Crippen molar-refractivity contribution in [1.82, 2.24) is 4.90 Å². The summed E-state index contributed by atoms with van der Waals surface area (Å²) in [5, 5.41) is 0. The van der Waals surface area contributed by atoms with Crippen LogP contribution >= 0.6 is 0 Å². The molecule has 98 valence electrons. The van der Waals surface area contributed by atoms with E-state index in [4.69, 9.17) is 5.73 Å². The molecule has 2 nitrogen and oxygen atoms in total. The van der Waals surface area contributed by atoms with E-state index in [1.54, 1.807) is 0 Å². The smallest absolute Gasteiger partial charge is 0.0298 e. The molecule has 0 aliphatic rings. The van der Waals surface area contributed by atoms with Crippen molar-refractivity contribution >= 4 is 0 Å². The summed E-state index contributed by atoms with van der Waals surface area (Å²) in [7, 11) is 4.22. The molecule has 0 aliphatic heterocycles. The van der Waals surface area contributed by atoms with Crippen LogP contribution in [-0.2, 0) is 0 Å². The van der Waals surface area contributed by atoms with Gasteiger partial charge in [-0.05, 0) is 34.4 Å². The second kappa shape index (κ2) is 8.08. The van der Waals surface area contributed by atoms with Gasteiger partial charge in [0.05, 0.1) is 0 Å². The van der Waals surface area contributed by atoms with Crippen molar-refractivity contribution in [3.63, 3.8) is 0 Å². The zero-order chi connectivity index (χ0) is 12.6. The number of nitrogens with two attached hydrogens (primary N) is 1. The molecule has 1 unspecified atom stereocenters. The third-order valence-electron chi connectivity index (χ3n) is 3.93. The monoisotopic (exact) mass is 228 g/mol. The predicted octanol–water partition coefficient (Wildman–Crippen LogP) is 3.40. The Morgan fingerprint density at radius 2 is 1.50 bits per heavy atom. The van der Waals surface area contributed by atoms with Crippen molar-refractivity contribution in [2.24, 2.45) is 5.73 Å². The van der Waals surface area contributed by atoms with E-state index in [1.165, 1.54) is 38.5 Å². The highest BCUT2D eigenvalue weighted by Gasteiger charge is 2.27. The molecule has 0 saturated carbocycles. The highest BCUT2D eigenvalue weighted by Crippen LogP contribution is 2.19. The molecule has 0 fully saturated rings. The molecule has 0 saturated heterocycles. The summed E-state index contributed by atoms with van der Waals surface area (Å²) < 4.78 is 0. The first kappa shape index (κ1) is 15.9. The van der Waals surface area contributed by atoms with Crippen LogP contribution in [0.2, 0.25) is 0 Å². The quantitative estimate of drug-likeness (QED) is 0.613. The van der Waals surface area contributed by atoms with Gasteiger partial charge >= 0.3 is 0 Å². The van der Waals surface area contributed by atoms with E-state index in [1.807, 2.05) is 0 Å². The molecular weight excluding hydrogens is 196 g/mol. The lowest BCUT2D eigenvalue weighted by Crippen LogP contribution is -2.52. The van der Waals surface area contributed by atoms with Gasteiger partial charge in [0.1, 0.15) is 0 Å². The van der Waals surface area contributed by atoms with Gasteiger partial charge in [-0.1, -0.05) is 45.4 Å².